The van der Waals surface area contributed by atoms with Gasteiger partial charge in [0.25, 0.3) is 0 Å². The summed E-state index contributed by atoms with van der Waals surface area (Å²) in [6.07, 6.45) is 1.22. The molecule has 0 saturated carbocycles. The average Bonchev–Trinajstić information content (AvgIpc) is 2.50. The van der Waals surface area contributed by atoms with Gasteiger partial charge in [-0.2, -0.15) is 0 Å². The molecule has 1 aliphatic rings. The zero-order valence-electron chi connectivity index (χ0n) is 12.6. The third kappa shape index (κ3) is 3.88. The molecule has 0 unspecified atom stereocenters. The Morgan fingerprint density at radius 2 is 1.95 bits per heavy atom. The van der Waals surface area contributed by atoms with Crippen molar-refractivity contribution in [3.63, 3.8) is 0 Å². The van der Waals surface area contributed by atoms with Crippen LogP contribution >= 0.6 is 11.6 Å². The van der Waals surface area contributed by atoms with E-state index in [1.165, 1.54) is 23.1 Å². The lowest BCUT2D eigenvalue weighted by Gasteiger charge is -2.33. The number of nitrogens with one attached hydrogen (secondary N) is 1. The van der Waals surface area contributed by atoms with Crippen molar-refractivity contribution in [2.75, 3.05) is 32.5 Å². The highest BCUT2D eigenvalue weighted by molar-refractivity contribution is 6.31. The molecule has 1 aromatic rings. The average molecular weight is 328 g/mol. The zero-order valence-corrected chi connectivity index (χ0v) is 13.4. The Balaban J connectivity index is 1.89. The standard InChI is InChI=1S/C15H19ClFN3O2/c1-19(2)15(22)20-7-5-10(6-8-20)14(21)18-11-3-4-13(17)12(16)9-11/h3-4,9-10H,5-8H2,1-2H3,(H,18,21). The topological polar surface area (TPSA) is 52.7 Å². The van der Waals surface area contributed by atoms with E-state index in [0.717, 1.165) is 0 Å². The molecule has 22 heavy (non-hydrogen) atoms. The van der Waals surface area contributed by atoms with Crippen molar-refractivity contribution in [2.24, 2.45) is 5.92 Å². The third-order valence-electron chi connectivity index (χ3n) is 3.71. The highest BCUT2D eigenvalue weighted by Gasteiger charge is 2.28. The summed E-state index contributed by atoms with van der Waals surface area (Å²) in [5, 5.41) is 2.72. The number of benzene rings is 1. The first-order chi connectivity index (χ1) is 10.4. The molecule has 1 N–H and O–H groups in total. The summed E-state index contributed by atoms with van der Waals surface area (Å²) in [6, 6.07) is 4.05. The van der Waals surface area contributed by atoms with E-state index in [2.05, 4.69) is 5.32 Å². The monoisotopic (exact) mass is 327 g/mol. The number of anilines is 1. The van der Waals surface area contributed by atoms with Gasteiger partial charge in [0.2, 0.25) is 5.91 Å². The second kappa shape index (κ2) is 6.96. The minimum atomic E-state index is -0.518. The summed E-state index contributed by atoms with van der Waals surface area (Å²) in [6.45, 7) is 1.11. The van der Waals surface area contributed by atoms with Crippen molar-refractivity contribution in [1.82, 2.24) is 9.80 Å². The van der Waals surface area contributed by atoms with E-state index in [9.17, 15) is 14.0 Å². The highest BCUT2D eigenvalue weighted by Crippen LogP contribution is 2.23. The van der Waals surface area contributed by atoms with E-state index in [4.69, 9.17) is 11.6 Å². The first-order valence-corrected chi connectivity index (χ1v) is 7.48. The van der Waals surface area contributed by atoms with Crippen LogP contribution in [0, 0.1) is 11.7 Å². The van der Waals surface area contributed by atoms with Gasteiger partial charge in [-0.05, 0) is 31.0 Å². The van der Waals surface area contributed by atoms with Crippen LogP contribution in [0.1, 0.15) is 12.8 Å². The zero-order chi connectivity index (χ0) is 16.3. The molecule has 5 nitrogen and oxygen atoms in total. The predicted molar refractivity (Wildman–Crippen MR) is 83.4 cm³/mol. The predicted octanol–water partition coefficient (Wildman–Crippen LogP) is 2.81. The van der Waals surface area contributed by atoms with Crippen LogP contribution in [0.25, 0.3) is 0 Å². The van der Waals surface area contributed by atoms with E-state index in [1.807, 2.05) is 0 Å². The summed E-state index contributed by atoms with van der Waals surface area (Å²) in [5.41, 5.74) is 0.475. The van der Waals surface area contributed by atoms with Crippen LogP contribution in [0.2, 0.25) is 5.02 Å². The molecule has 1 fully saturated rings. The fourth-order valence-corrected chi connectivity index (χ4v) is 2.61. The molecular weight excluding hydrogens is 309 g/mol. The van der Waals surface area contributed by atoms with Gasteiger partial charge in [-0.3, -0.25) is 4.79 Å². The summed E-state index contributed by atoms with van der Waals surface area (Å²) in [7, 11) is 3.42. The molecular formula is C15H19ClFN3O2. The number of nitrogens with zero attached hydrogens (tertiary/aromatic N) is 2. The van der Waals surface area contributed by atoms with Crippen LogP contribution in [-0.2, 0) is 4.79 Å². The second-order valence-corrected chi connectivity index (χ2v) is 5.96. The van der Waals surface area contributed by atoms with Gasteiger partial charge in [-0.15, -0.1) is 0 Å². The lowest BCUT2D eigenvalue weighted by Crippen LogP contribution is -2.45. The molecule has 0 aromatic heterocycles. The molecule has 3 amide bonds. The summed E-state index contributed by atoms with van der Waals surface area (Å²) in [4.78, 5) is 27.3. The van der Waals surface area contributed by atoms with Crippen molar-refractivity contribution in [3.05, 3.63) is 29.0 Å². The maximum absolute atomic E-state index is 13.1. The molecule has 0 atom stereocenters. The van der Waals surface area contributed by atoms with Crippen molar-refractivity contribution < 1.29 is 14.0 Å². The Labute approximate surface area is 134 Å². The Bertz CT molecular complexity index is 572. The number of likely N-dealkylation sites (tertiary alicyclic amines) is 1. The number of hydrogen-bond donors (Lipinski definition) is 1. The van der Waals surface area contributed by atoms with Crippen LogP contribution in [0.15, 0.2) is 18.2 Å². The molecule has 1 aromatic carbocycles. The number of amides is 3. The fourth-order valence-electron chi connectivity index (χ4n) is 2.43. The van der Waals surface area contributed by atoms with Crippen LogP contribution in [-0.4, -0.2) is 48.9 Å². The number of halogens is 2. The molecule has 7 heteroatoms. The molecule has 1 saturated heterocycles. The number of piperidine rings is 1. The van der Waals surface area contributed by atoms with Gasteiger partial charge in [0.15, 0.2) is 0 Å². The number of hydrogen-bond acceptors (Lipinski definition) is 2. The highest BCUT2D eigenvalue weighted by atomic mass is 35.5. The smallest absolute Gasteiger partial charge is 0.319 e. The molecule has 1 heterocycles. The van der Waals surface area contributed by atoms with Crippen molar-refractivity contribution in [1.29, 1.82) is 0 Å². The number of urea groups is 1. The van der Waals surface area contributed by atoms with Crippen LogP contribution in [0.5, 0.6) is 0 Å². The Hall–Kier alpha value is -1.82. The van der Waals surface area contributed by atoms with Gasteiger partial charge in [-0.25, -0.2) is 9.18 Å². The Kier molecular flexibility index (Phi) is 5.24. The van der Waals surface area contributed by atoms with Crippen molar-refractivity contribution in [2.45, 2.75) is 12.8 Å². The number of carbonyl (C=O) groups is 2. The maximum Gasteiger partial charge on any atom is 0.319 e. The normalized spacial score (nSPS) is 15.5. The Morgan fingerprint density at radius 1 is 1.32 bits per heavy atom. The van der Waals surface area contributed by atoms with Gasteiger partial charge in [0, 0.05) is 38.8 Å². The van der Waals surface area contributed by atoms with Gasteiger partial charge in [0.05, 0.1) is 5.02 Å². The minimum Gasteiger partial charge on any atom is -0.331 e. The SMILES string of the molecule is CN(C)C(=O)N1CCC(C(=O)Nc2ccc(F)c(Cl)c2)CC1. The van der Waals surface area contributed by atoms with E-state index < -0.39 is 5.82 Å². The third-order valence-corrected chi connectivity index (χ3v) is 4.00. The van der Waals surface area contributed by atoms with E-state index in [-0.39, 0.29) is 22.9 Å². The fraction of sp³-hybridized carbons (Fsp3) is 0.467. The van der Waals surface area contributed by atoms with E-state index in [1.54, 1.807) is 19.0 Å². The van der Waals surface area contributed by atoms with Gasteiger partial charge in [-0.1, -0.05) is 11.6 Å². The van der Waals surface area contributed by atoms with Crippen molar-refractivity contribution in [3.8, 4) is 0 Å². The van der Waals surface area contributed by atoms with Gasteiger partial charge >= 0.3 is 6.03 Å². The minimum absolute atomic E-state index is 0.0239. The number of carbonyl (C=O) groups excluding carboxylic acids is 2. The largest absolute Gasteiger partial charge is 0.331 e. The van der Waals surface area contributed by atoms with Crippen LogP contribution < -0.4 is 5.32 Å². The molecule has 1 aliphatic heterocycles. The van der Waals surface area contributed by atoms with E-state index in [0.29, 0.717) is 31.6 Å². The second-order valence-electron chi connectivity index (χ2n) is 5.56. The summed E-state index contributed by atoms with van der Waals surface area (Å²) >= 11 is 5.69. The van der Waals surface area contributed by atoms with Gasteiger partial charge in [0.1, 0.15) is 5.82 Å². The first-order valence-electron chi connectivity index (χ1n) is 7.10. The molecule has 2 rings (SSSR count). The molecule has 0 aliphatic carbocycles. The molecule has 0 spiro atoms. The van der Waals surface area contributed by atoms with E-state index >= 15 is 0 Å². The maximum atomic E-state index is 13.1. The lowest BCUT2D eigenvalue weighted by molar-refractivity contribution is -0.121. The molecule has 0 radical (unpaired) electrons. The number of rotatable bonds is 2. The van der Waals surface area contributed by atoms with Crippen LogP contribution in [0.4, 0.5) is 14.9 Å². The quantitative estimate of drug-likeness (QED) is 0.908. The summed E-state index contributed by atoms with van der Waals surface area (Å²) in [5.74, 6) is -0.801. The van der Waals surface area contributed by atoms with Crippen molar-refractivity contribution >= 4 is 29.2 Å². The molecule has 120 valence electrons. The molecule has 0 bridgehead atoms. The Morgan fingerprint density at radius 3 is 2.50 bits per heavy atom. The lowest BCUT2D eigenvalue weighted by atomic mass is 9.96. The first kappa shape index (κ1) is 16.5. The van der Waals surface area contributed by atoms with Gasteiger partial charge < -0.3 is 15.1 Å². The summed E-state index contributed by atoms with van der Waals surface area (Å²) < 4.78 is 13.1. The van der Waals surface area contributed by atoms with Crippen LogP contribution in [0.3, 0.4) is 0 Å².